The van der Waals surface area contributed by atoms with E-state index in [1.165, 1.54) is 11.3 Å². The highest BCUT2D eigenvalue weighted by molar-refractivity contribution is 7.88. The van der Waals surface area contributed by atoms with Gasteiger partial charge in [-0.2, -0.15) is 0 Å². The lowest BCUT2D eigenvalue weighted by molar-refractivity contribution is 0.597. The van der Waals surface area contributed by atoms with Gasteiger partial charge >= 0.3 is 0 Å². The van der Waals surface area contributed by atoms with E-state index < -0.39 is 10.0 Å². The summed E-state index contributed by atoms with van der Waals surface area (Å²) in [6.45, 7) is 0.460. The van der Waals surface area contributed by atoms with Crippen LogP contribution >= 0.6 is 11.3 Å². The fourth-order valence-corrected chi connectivity index (χ4v) is 3.30. The molecule has 0 spiro atoms. The molecule has 2 rings (SSSR count). The highest BCUT2D eigenvalue weighted by atomic mass is 32.2. The summed E-state index contributed by atoms with van der Waals surface area (Å²) >= 11 is 1.28. The molecule has 0 aliphatic rings. The molecule has 0 aliphatic heterocycles. The molecule has 0 radical (unpaired) electrons. The Bertz CT molecular complexity index is 650. The molecule has 0 fully saturated rings. The standard InChI is InChI=1S/C11H13N3O2S2/c12-5-8-2-1-3-9(4-8)10-6-17-11(14-10)7-18(13,15)16/h1-4,6H,5,7,12H2,(H2,13,15,16). The predicted molar refractivity (Wildman–Crippen MR) is 72.3 cm³/mol. The Labute approximate surface area is 110 Å². The minimum atomic E-state index is -3.53. The summed E-state index contributed by atoms with van der Waals surface area (Å²) in [7, 11) is -3.53. The number of thiazole rings is 1. The Morgan fingerprint density at radius 3 is 2.78 bits per heavy atom. The van der Waals surface area contributed by atoms with E-state index in [-0.39, 0.29) is 5.75 Å². The molecule has 0 unspecified atom stereocenters. The molecule has 2 aromatic rings. The van der Waals surface area contributed by atoms with E-state index in [1.54, 1.807) is 0 Å². The van der Waals surface area contributed by atoms with Gasteiger partial charge in [-0.15, -0.1) is 11.3 Å². The molecular formula is C11H13N3O2S2. The smallest absolute Gasteiger partial charge is 0.215 e. The normalized spacial score (nSPS) is 11.7. The number of benzene rings is 1. The van der Waals surface area contributed by atoms with Crippen LogP contribution in [0.4, 0.5) is 0 Å². The van der Waals surface area contributed by atoms with E-state index in [1.807, 2.05) is 29.6 Å². The minimum absolute atomic E-state index is 0.228. The zero-order valence-corrected chi connectivity index (χ0v) is 11.2. The van der Waals surface area contributed by atoms with Crippen molar-refractivity contribution in [1.82, 2.24) is 4.98 Å². The number of nitrogens with two attached hydrogens (primary N) is 2. The van der Waals surface area contributed by atoms with Gasteiger partial charge in [0.1, 0.15) is 10.8 Å². The number of sulfonamides is 1. The van der Waals surface area contributed by atoms with Crippen molar-refractivity contribution in [3.63, 3.8) is 0 Å². The van der Waals surface area contributed by atoms with E-state index in [2.05, 4.69) is 4.98 Å². The van der Waals surface area contributed by atoms with Crippen molar-refractivity contribution in [2.24, 2.45) is 10.9 Å². The summed E-state index contributed by atoms with van der Waals surface area (Å²) in [4.78, 5) is 4.26. The molecule has 1 aromatic carbocycles. The van der Waals surface area contributed by atoms with Crippen molar-refractivity contribution >= 4 is 21.4 Å². The van der Waals surface area contributed by atoms with Gasteiger partial charge in [0.15, 0.2) is 0 Å². The Hall–Kier alpha value is -1.28. The first kappa shape index (κ1) is 13.2. The van der Waals surface area contributed by atoms with Crippen molar-refractivity contribution in [3.8, 4) is 11.3 Å². The van der Waals surface area contributed by atoms with Crippen molar-refractivity contribution < 1.29 is 8.42 Å². The van der Waals surface area contributed by atoms with E-state index in [0.29, 0.717) is 11.6 Å². The molecule has 0 atom stereocenters. The van der Waals surface area contributed by atoms with Gasteiger partial charge in [0.25, 0.3) is 0 Å². The molecule has 7 heteroatoms. The van der Waals surface area contributed by atoms with E-state index in [0.717, 1.165) is 16.8 Å². The van der Waals surface area contributed by atoms with Gasteiger partial charge in [0.2, 0.25) is 10.0 Å². The first-order valence-corrected chi connectivity index (χ1v) is 7.82. The SMILES string of the molecule is NCc1cccc(-c2csc(CS(N)(=O)=O)n2)c1. The third-order valence-corrected chi connectivity index (χ3v) is 4.04. The third kappa shape index (κ3) is 3.36. The molecule has 1 heterocycles. The van der Waals surface area contributed by atoms with Crippen molar-refractivity contribution in [2.75, 3.05) is 0 Å². The molecule has 18 heavy (non-hydrogen) atoms. The summed E-state index contributed by atoms with van der Waals surface area (Å²) < 4.78 is 21.9. The highest BCUT2D eigenvalue weighted by Crippen LogP contribution is 2.23. The van der Waals surface area contributed by atoms with Crippen LogP contribution in [0.1, 0.15) is 10.6 Å². The Morgan fingerprint density at radius 1 is 1.33 bits per heavy atom. The summed E-state index contributed by atoms with van der Waals surface area (Å²) in [5, 5.41) is 7.29. The van der Waals surface area contributed by atoms with Gasteiger partial charge in [-0.05, 0) is 11.6 Å². The third-order valence-electron chi connectivity index (χ3n) is 2.33. The molecule has 5 nitrogen and oxygen atoms in total. The van der Waals surface area contributed by atoms with E-state index in [4.69, 9.17) is 10.9 Å². The van der Waals surface area contributed by atoms with Crippen LogP contribution in [0.15, 0.2) is 29.6 Å². The molecule has 0 amide bonds. The van der Waals surface area contributed by atoms with Crippen molar-refractivity contribution in [2.45, 2.75) is 12.3 Å². The van der Waals surface area contributed by atoms with Crippen LogP contribution in [0.5, 0.6) is 0 Å². The number of rotatable bonds is 4. The topological polar surface area (TPSA) is 99.1 Å². The number of hydrogen-bond donors (Lipinski definition) is 2. The van der Waals surface area contributed by atoms with Crippen molar-refractivity contribution in [3.05, 3.63) is 40.2 Å². The predicted octanol–water partition coefficient (Wildman–Crippen LogP) is 1.06. The second-order valence-corrected chi connectivity index (χ2v) is 6.40. The zero-order chi connectivity index (χ0) is 13.2. The van der Waals surface area contributed by atoms with Gasteiger partial charge < -0.3 is 5.73 Å². The molecule has 1 aromatic heterocycles. The van der Waals surface area contributed by atoms with Crippen LogP contribution in [0.2, 0.25) is 0 Å². The van der Waals surface area contributed by atoms with Gasteiger partial charge in [0.05, 0.1) is 5.69 Å². The number of aromatic nitrogens is 1. The molecule has 0 bridgehead atoms. The van der Waals surface area contributed by atoms with Crippen LogP contribution in [-0.2, 0) is 22.3 Å². The quantitative estimate of drug-likeness (QED) is 0.876. The first-order chi connectivity index (χ1) is 8.48. The number of nitrogens with zero attached hydrogens (tertiary/aromatic N) is 1. The second-order valence-electron chi connectivity index (χ2n) is 3.84. The summed E-state index contributed by atoms with van der Waals surface area (Å²) in [5.41, 5.74) is 8.25. The van der Waals surface area contributed by atoms with E-state index in [9.17, 15) is 8.42 Å². The summed E-state index contributed by atoms with van der Waals surface area (Å²) in [5.74, 6) is -0.228. The monoisotopic (exact) mass is 283 g/mol. The maximum Gasteiger partial charge on any atom is 0.215 e. The maximum absolute atomic E-state index is 11.0. The molecule has 4 N–H and O–H groups in total. The molecule has 0 aliphatic carbocycles. The Morgan fingerprint density at radius 2 is 2.11 bits per heavy atom. The van der Waals surface area contributed by atoms with Gasteiger partial charge in [-0.3, -0.25) is 0 Å². The lowest BCUT2D eigenvalue weighted by Gasteiger charge is -2.00. The number of hydrogen-bond acceptors (Lipinski definition) is 5. The fourth-order valence-electron chi connectivity index (χ4n) is 1.54. The highest BCUT2D eigenvalue weighted by Gasteiger charge is 2.10. The van der Waals surface area contributed by atoms with Gasteiger partial charge in [-0.1, -0.05) is 18.2 Å². The van der Waals surface area contributed by atoms with Crippen LogP contribution in [0, 0.1) is 0 Å². The zero-order valence-electron chi connectivity index (χ0n) is 9.54. The number of primary sulfonamides is 1. The largest absolute Gasteiger partial charge is 0.326 e. The lowest BCUT2D eigenvalue weighted by Crippen LogP contribution is -2.14. The minimum Gasteiger partial charge on any atom is -0.326 e. The average Bonchev–Trinajstić information content (AvgIpc) is 2.75. The Kier molecular flexibility index (Phi) is 3.76. The Balaban J connectivity index is 2.29. The average molecular weight is 283 g/mol. The first-order valence-electron chi connectivity index (χ1n) is 5.22. The van der Waals surface area contributed by atoms with Crippen LogP contribution in [0.3, 0.4) is 0 Å². The van der Waals surface area contributed by atoms with E-state index >= 15 is 0 Å². The maximum atomic E-state index is 11.0. The molecule has 96 valence electrons. The summed E-state index contributed by atoms with van der Waals surface area (Å²) in [6, 6.07) is 7.68. The second kappa shape index (κ2) is 5.15. The fraction of sp³-hybridized carbons (Fsp3) is 0.182. The van der Waals surface area contributed by atoms with Crippen LogP contribution < -0.4 is 10.9 Å². The molecule has 0 saturated carbocycles. The molecule has 0 saturated heterocycles. The molecular weight excluding hydrogens is 270 g/mol. The van der Waals surface area contributed by atoms with Gasteiger partial charge in [0, 0.05) is 17.5 Å². The summed E-state index contributed by atoms with van der Waals surface area (Å²) in [6.07, 6.45) is 0. The van der Waals surface area contributed by atoms with Gasteiger partial charge in [-0.25, -0.2) is 18.5 Å². The van der Waals surface area contributed by atoms with Crippen LogP contribution in [0.25, 0.3) is 11.3 Å². The van der Waals surface area contributed by atoms with Crippen LogP contribution in [-0.4, -0.2) is 13.4 Å². The lowest BCUT2D eigenvalue weighted by atomic mass is 10.1. The van der Waals surface area contributed by atoms with Crippen molar-refractivity contribution in [1.29, 1.82) is 0 Å².